The Bertz CT molecular complexity index is 3150. The molecule has 10 aromatic carbocycles. The second-order valence-corrected chi connectivity index (χ2v) is 14.0. The number of fused-ring (bicyclic) bond motifs is 8. The van der Waals surface area contributed by atoms with Gasteiger partial charge in [0.1, 0.15) is 11.2 Å². The topological polar surface area (TPSA) is 13.1 Å². The van der Waals surface area contributed by atoms with Crippen molar-refractivity contribution in [3.05, 3.63) is 194 Å². The number of hydrogen-bond donors (Lipinski definition) is 0. The van der Waals surface area contributed by atoms with Crippen molar-refractivity contribution in [1.82, 2.24) is 0 Å². The van der Waals surface area contributed by atoms with Gasteiger partial charge in [0.05, 0.1) is 0 Å². The number of hydrogen-bond acceptors (Lipinski definition) is 1. The maximum atomic E-state index is 6.30. The zero-order valence-corrected chi connectivity index (χ0v) is 28.9. The van der Waals surface area contributed by atoms with Crippen LogP contribution >= 0.6 is 0 Å². The van der Waals surface area contributed by atoms with E-state index in [1.807, 2.05) is 0 Å². The third kappa shape index (κ3) is 4.71. The van der Waals surface area contributed by atoms with Gasteiger partial charge in [0, 0.05) is 10.8 Å². The largest absolute Gasteiger partial charge is 0.456 e. The number of rotatable bonds is 4. The van der Waals surface area contributed by atoms with Crippen molar-refractivity contribution < 1.29 is 4.42 Å². The molecule has 0 fully saturated rings. The molecule has 0 radical (unpaired) electrons. The summed E-state index contributed by atoms with van der Waals surface area (Å²) < 4.78 is 6.30. The van der Waals surface area contributed by atoms with Gasteiger partial charge in [-0.05, 0) is 118 Å². The molecular weight excluding hydrogens is 641 g/mol. The lowest BCUT2D eigenvalue weighted by molar-refractivity contribution is 0.669. The Morgan fingerprint density at radius 1 is 0.264 bits per heavy atom. The van der Waals surface area contributed by atoms with Crippen LogP contribution in [-0.4, -0.2) is 0 Å². The van der Waals surface area contributed by atoms with E-state index in [4.69, 9.17) is 4.42 Å². The highest BCUT2D eigenvalue weighted by Crippen LogP contribution is 2.46. The highest BCUT2D eigenvalue weighted by molar-refractivity contribution is 6.24. The van der Waals surface area contributed by atoms with Gasteiger partial charge in [-0.25, -0.2) is 0 Å². The maximum Gasteiger partial charge on any atom is 0.136 e. The van der Waals surface area contributed by atoms with Gasteiger partial charge in [0.15, 0.2) is 0 Å². The lowest BCUT2D eigenvalue weighted by atomic mass is 9.83. The molecule has 246 valence electrons. The highest BCUT2D eigenvalue weighted by Gasteiger charge is 2.19. The lowest BCUT2D eigenvalue weighted by Crippen LogP contribution is -1.92. The first-order chi connectivity index (χ1) is 26.3. The van der Waals surface area contributed by atoms with Crippen molar-refractivity contribution in [1.29, 1.82) is 0 Å². The van der Waals surface area contributed by atoms with Gasteiger partial charge < -0.3 is 4.42 Å². The van der Waals surface area contributed by atoms with Crippen molar-refractivity contribution >= 4 is 65.0 Å². The van der Waals surface area contributed by atoms with Gasteiger partial charge in [0.25, 0.3) is 0 Å². The molecule has 0 unspecified atom stereocenters. The van der Waals surface area contributed by atoms with Crippen molar-refractivity contribution in [3.8, 4) is 44.5 Å². The molecule has 1 aromatic heterocycles. The molecule has 1 nitrogen and oxygen atoms in total. The van der Waals surface area contributed by atoms with Crippen LogP contribution in [0.5, 0.6) is 0 Å². The summed E-state index contributed by atoms with van der Waals surface area (Å²) in [5.41, 5.74) is 11.6. The maximum absolute atomic E-state index is 6.30. The standard InChI is InChI=1S/C52H32O/c1-2-12-33(13-3-1)39-30-38-15-5-6-16-40(38)46(32-39)51-44-20-10-8-18-42(44)50(43-19-9-11-21-45(43)51)36-24-22-34(23-25-36)37-27-28-48-47(31-37)52-41-17-7-4-14-35(41)26-29-49(52)53-48/h1-32H. The molecule has 0 aliphatic carbocycles. The van der Waals surface area contributed by atoms with Crippen LogP contribution in [-0.2, 0) is 0 Å². The van der Waals surface area contributed by atoms with E-state index in [1.54, 1.807) is 0 Å². The van der Waals surface area contributed by atoms with Crippen LogP contribution in [0.25, 0.3) is 110 Å². The van der Waals surface area contributed by atoms with Crippen LogP contribution < -0.4 is 0 Å². The summed E-state index contributed by atoms with van der Waals surface area (Å²) in [5.74, 6) is 0. The van der Waals surface area contributed by atoms with Crippen LogP contribution in [0.3, 0.4) is 0 Å². The Labute approximate surface area is 307 Å². The Morgan fingerprint density at radius 3 is 1.51 bits per heavy atom. The monoisotopic (exact) mass is 672 g/mol. The minimum absolute atomic E-state index is 0.914. The summed E-state index contributed by atoms with van der Waals surface area (Å²) in [6, 6.07) is 70.6. The molecule has 11 rings (SSSR count). The summed E-state index contributed by atoms with van der Waals surface area (Å²) >= 11 is 0. The predicted molar refractivity (Wildman–Crippen MR) is 225 cm³/mol. The lowest BCUT2D eigenvalue weighted by Gasteiger charge is -2.20. The predicted octanol–water partition coefficient (Wildman–Crippen LogP) is 14.9. The van der Waals surface area contributed by atoms with Crippen LogP contribution in [0.4, 0.5) is 0 Å². The van der Waals surface area contributed by atoms with Crippen LogP contribution in [0, 0.1) is 0 Å². The normalized spacial score (nSPS) is 11.8. The van der Waals surface area contributed by atoms with E-state index in [0.29, 0.717) is 0 Å². The average Bonchev–Trinajstić information content (AvgIpc) is 3.61. The average molecular weight is 673 g/mol. The Kier molecular flexibility index (Phi) is 6.62. The van der Waals surface area contributed by atoms with Crippen molar-refractivity contribution in [2.24, 2.45) is 0 Å². The third-order valence-electron chi connectivity index (χ3n) is 11.0. The minimum atomic E-state index is 0.914. The van der Waals surface area contributed by atoms with Gasteiger partial charge >= 0.3 is 0 Å². The zero-order valence-electron chi connectivity index (χ0n) is 28.9. The SMILES string of the molecule is c1ccc(-c2cc(-c3c4ccccc4c(-c4ccc(-c5ccc6oc7ccc8ccccc8c7c6c5)cc4)c4ccccc34)c3ccccc3c2)cc1. The molecule has 0 spiro atoms. The number of benzene rings is 10. The van der Waals surface area contributed by atoms with Crippen molar-refractivity contribution in [2.45, 2.75) is 0 Å². The molecule has 0 saturated heterocycles. The molecule has 0 atom stereocenters. The molecule has 53 heavy (non-hydrogen) atoms. The third-order valence-corrected chi connectivity index (χ3v) is 11.0. The molecule has 0 aliphatic heterocycles. The fourth-order valence-electron chi connectivity index (χ4n) is 8.60. The smallest absolute Gasteiger partial charge is 0.136 e. The zero-order chi connectivity index (χ0) is 34.9. The molecular formula is C52H32O. The first-order valence-corrected chi connectivity index (χ1v) is 18.3. The van der Waals surface area contributed by atoms with E-state index >= 15 is 0 Å². The molecule has 0 aliphatic rings. The van der Waals surface area contributed by atoms with Crippen LogP contribution in [0.15, 0.2) is 199 Å². The van der Waals surface area contributed by atoms with E-state index in [2.05, 4.69) is 194 Å². The molecule has 0 saturated carbocycles. The Morgan fingerprint density at radius 2 is 0.792 bits per heavy atom. The summed E-state index contributed by atoms with van der Waals surface area (Å²) in [4.78, 5) is 0. The van der Waals surface area contributed by atoms with Crippen LogP contribution in [0.2, 0.25) is 0 Å². The molecule has 11 aromatic rings. The molecule has 0 amide bonds. The quantitative estimate of drug-likeness (QED) is 0.170. The van der Waals surface area contributed by atoms with E-state index in [9.17, 15) is 0 Å². The van der Waals surface area contributed by atoms with E-state index < -0.39 is 0 Å². The molecule has 0 bridgehead atoms. The van der Waals surface area contributed by atoms with E-state index in [-0.39, 0.29) is 0 Å². The summed E-state index contributed by atoms with van der Waals surface area (Å²) in [7, 11) is 0. The molecule has 0 N–H and O–H groups in total. The summed E-state index contributed by atoms with van der Waals surface area (Å²) in [5, 5.41) is 12.3. The van der Waals surface area contributed by atoms with Crippen molar-refractivity contribution in [3.63, 3.8) is 0 Å². The van der Waals surface area contributed by atoms with Gasteiger partial charge in [-0.1, -0.05) is 164 Å². The van der Waals surface area contributed by atoms with Gasteiger partial charge in [-0.3, -0.25) is 0 Å². The fraction of sp³-hybridized carbons (Fsp3) is 0. The van der Waals surface area contributed by atoms with Crippen molar-refractivity contribution in [2.75, 3.05) is 0 Å². The first kappa shape index (κ1) is 29.7. The number of furan rings is 1. The Hall–Kier alpha value is -6.96. The highest BCUT2D eigenvalue weighted by atomic mass is 16.3. The van der Waals surface area contributed by atoms with Gasteiger partial charge in [0.2, 0.25) is 0 Å². The second-order valence-electron chi connectivity index (χ2n) is 14.0. The van der Waals surface area contributed by atoms with Gasteiger partial charge in [-0.2, -0.15) is 0 Å². The van der Waals surface area contributed by atoms with Gasteiger partial charge in [-0.15, -0.1) is 0 Å². The minimum Gasteiger partial charge on any atom is -0.456 e. The Balaban J connectivity index is 1.10. The molecule has 1 heterocycles. The van der Waals surface area contributed by atoms with E-state index in [1.165, 1.54) is 93.0 Å². The van der Waals surface area contributed by atoms with Crippen LogP contribution in [0.1, 0.15) is 0 Å². The first-order valence-electron chi connectivity index (χ1n) is 18.3. The summed E-state index contributed by atoms with van der Waals surface area (Å²) in [6.07, 6.45) is 0. The second kappa shape index (κ2) is 11.8. The molecule has 1 heteroatoms. The fourth-order valence-corrected chi connectivity index (χ4v) is 8.60. The summed E-state index contributed by atoms with van der Waals surface area (Å²) in [6.45, 7) is 0. The van der Waals surface area contributed by atoms with E-state index in [0.717, 1.165) is 16.6 Å².